The molecule has 0 spiro atoms. The molecule has 1 aliphatic rings. The minimum atomic E-state index is -0.749. The fourth-order valence-electron chi connectivity index (χ4n) is 2.90. The molecule has 2 heterocycles. The highest BCUT2D eigenvalue weighted by Crippen LogP contribution is 2.23. The van der Waals surface area contributed by atoms with E-state index in [4.69, 9.17) is 5.26 Å². The van der Waals surface area contributed by atoms with Crippen LogP contribution < -0.4 is 10.2 Å². The predicted octanol–water partition coefficient (Wildman–Crippen LogP) is 1.78. The van der Waals surface area contributed by atoms with Crippen molar-refractivity contribution >= 4 is 23.6 Å². The van der Waals surface area contributed by atoms with Crippen molar-refractivity contribution < 1.29 is 14.0 Å². The molecule has 1 fully saturated rings. The molecule has 1 aliphatic heterocycles. The number of halogens is 1. The van der Waals surface area contributed by atoms with Crippen LogP contribution in [0.1, 0.15) is 17.0 Å². The average molecular weight is 377 g/mol. The van der Waals surface area contributed by atoms with E-state index >= 15 is 0 Å². The van der Waals surface area contributed by atoms with E-state index in [9.17, 15) is 19.2 Å². The third-order valence-electron chi connectivity index (χ3n) is 4.73. The van der Waals surface area contributed by atoms with E-state index in [2.05, 4.69) is 5.32 Å². The molecule has 28 heavy (non-hydrogen) atoms. The van der Waals surface area contributed by atoms with E-state index in [1.54, 1.807) is 24.6 Å². The van der Waals surface area contributed by atoms with Gasteiger partial charge in [0.2, 0.25) is 0 Å². The summed E-state index contributed by atoms with van der Waals surface area (Å²) in [5.41, 5.74) is 2.10. The van der Waals surface area contributed by atoms with Crippen LogP contribution in [0.5, 0.6) is 0 Å². The molecule has 0 bridgehead atoms. The monoisotopic (exact) mass is 377 g/mol. The molecule has 1 aromatic heterocycles. The van der Waals surface area contributed by atoms with Crippen LogP contribution in [-0.4, -0.2) is 29.0 Å². The average Bonchev–Trinajstić information content (AvgIpc) is 2.97. The van der Waals surface area contributed by atoms with Crippen molar-refractivity contribution in [3.63, 3.8) is 0 Å². The van der Waals surface area contributed by atoms with Gasteiger partial charge < -0.3 is 14.8 Å². The maximum atomic E-state index is 13.0. The van der Waals surface area contributed by atoms with Gasteiger partial charge in [-0.1, -0.05) is 0 Å². The summed E-state index contributed by atoms with van der Waals surface area (Å²) in [6.45, 7) is 2.01. The lowest BCUT2D eigenvalue weighted by Gasteiger charge is -2.38. The molecule has 1 unspecified atom stereocenters. The van der Waals surface area contributed by atoms with Gasteiger partial charge in [-0.05, 0) is 48.9 Å². The number of carbonyl (C=O) groups excluding carboxylic acids is 2. The summed E-state index contributed by atoms with van der Waals surface area (Å²) in [5.74, 6) is -1.40. The van der Waals surface area contributed by atoms with Gasteiger partial charge in [-0.2, -0.15) is 10.5 Å². The second-order valence-electron chi connectivity index (χ2n) is 6.36. The minimum absolute atomic E-state index is 0.161. The Morgan fingerprint density at radius 1 is 1.32 bits per heavy atom. The molecule has 0 saturated carbocycles. The first-order chi connectivity index (χ1) is 13.3. The van der Waals surface area contributed by atoms with Gasteiger partial charge in [-0.25, -0.2) is 4.39 Å². The van der Waals surface area contributed by atoms with Crippen LogP contribution in [0.15, 0.2) is 35.9 Å². The summed E-state index contributed by atoms with van der Waals surface area (Å²) >= 11 is 0. The molecule has 1 N–H and O–H groups in total. The number of hydrogen-bond donors (Lipinski definition) is 1. The lowest BCUT2D eigenvalue weighted by atomic mass is 10.0. The first kappa shape index (κ1) is 18.9. The quantitative estimate of drug-likeness (QED) is 0.498. The van der Waals surface area contributed by atoms with Gasteiger partial charge in [0.1, 0.15) is 35.3 Å². The number of nitrogens with one attached hydrogen (secondary N) is 1. The van der Waals surface area contributed by atoms with Crippen molar-refractivity contribution in [1.82, 2.24) is 9.88 Å². The van der Waals surface area contributed by atoms with Crippen LogP contribution in [-0.2, 0) is 16.6 Å². The van der Waals surface area contributed by atoms with Gasteiger partial charge in [-0.15, -0.1) is 0 Å². The number of amides is 2. The Hall–Kier alpha value is -3.91. The number of nitriles is 2. The number of benzene rings is 1. The van der Waals surface area contributed by atoms with Crippen LogP contribution >= 0.6 is 0 Å². The zero-order valence-electron chi connectivity index (χ0n) is 15.2. The van der Waals surface area contributed by atoms with Gasteiger partial charge in [-0.3, -0.25) is 9.59 Å². The Labute approximate surface area is 160 Å². The molecule has 8 heteroatoms. The van der Waals surface area contributed by atoms with Crippen LogP contribution in [0.4, 0.5) is 10.1 Å². The number of carbonyl (C=O) groups is 2. The van der Waals surface area contributed by atoms with Crippen molar-refractivity contribution in [2.24, 2.45) is 7.05 Å². The summed E-state index contributed by atoms with van der Waals surface area (Å²) in [6.07, 6.45) is 1.40. The number of β-lactam (4-membered cyclic amide) rings is 1. The van der Waals surface area contributed by atoms with Crippen molar-refractivity contribution in [2.45, 2.75) is 13.0 Å². The summed E-state index contributed by atoms with van der Waals surface area (Å²) in [7, 11) is 1.72. The molecule has 2 amide bonds. The topological polar surface area (TPSA) is 102 Å². The number of anilines is 1. The number of rotatable bonds is 4. The lowest BCUT2D eigenvalue weighted by molar-refractivity contribution is -0.129. The predicted molar refractivity (Wildman–Crippen MR) is 99.1 cm³/mol. The largest absolute Gasteiger partial charge is 0.339 e. The molecule has 2 aromatic rings. The zero-order chi connectivity index (χ0) is 20.4. The first-order valence-corrected chi connectivity index (χ1v) is 8.41. The van der Waals surface area contributed by atoms with E-state index in [-0.39, 0.29) is 18.0 Å². The minimum Gasteiger partial charge on any atom is -0.339 e. The van der Waals surface area contributed by atoms with E-state index in [1.807, 2.05) is 12.1 Å². The summed E-state index contributed by atoms with van der Waals surface area (Å²) < 4.78 is 14.6. The third-order valence-corrected chi connectivity index (χ3v) is 4.73. The highest BCUT2D eigenvalue weighted by molar-refractivity contribution is 6.09. The number of nitrogens with zero attached hydrogens (tertiary/aromatic N) is 4. The molecule has 0 radical (unpaired) electrons. The van der Waals surface area contributed by atoms with Crippen LogP contribution in [0.2, 0.25) is 0 Å². The van der Waals surface area contributed by atoms with Gasteiger partial charge in [0.25, 0.3) is 11.8 Å². The van der Waals surface area contributed by atoms with Gasteiger partial charge in [0.05, 0.1) is 6.54 Å². The highest BCUT2D eigenvalue weighted by atomic mass is 19.1. The Bertz CT molecular complexity index is 1070. The van der Waals surface area contributed by atoms with Gasteiger partial charge in [0.15, 0.2) is 0 Å². The molecule has 140 valence electrons. The maximum absolute atomic E-state index is 13.0. The van der Waals surface area contributed by atoms with Crippen molar-refractivity contribution in [2.75, 3.05) is 11.4 Å². The highest BCUT2D eigenvalue weighted by Gasteiger charge is 2.39. The summed E-state index contributed by atoms with van der Waals surface area (Å²) in [4.78, 5) is 26.1. The zero-order valence-corrected chi connectivity index (χ0v) is 15.2. The summed E-state index contributed by atoms with van der Waals surface area (Å²) in [5, 5.41) is 20.9. The molecule has 3 rings (SSSR count). The normalized spacial score (nSPS) is 16.2. The fraction of sp³-hybridized carbons (Fsp3) is 0.200. The Morgan fingerprint density at radius 3 is 2.54 bits per heavy atom. The second-order valence-corrected chi connectivity index (χ2v) is 6.36. The van der Waals surface area contributed by atoms with Crippen molar-refractivity contribution in [3.8, 4) is 12.1 Å². The lowest BCUT2D eigenvalue weighted by Crippen LogP contribution is -2.64. The Kier molecular flexibility index (Phi) is 4.97. The number of aromatic nitrogens is 1. The van der Waals surface area contributed by atoms with E-state index < -0.39 is 17.8 Å². The Morgan fingerprint density at radius 2 is 2.00 bits per heavy atom. The molecule has 1 aromatic carbocycles. The van der Waals surface area contributed by atoms with Gasteiger partial charge in [0, 0.05) is 18.4 Å². The van der Waals surface area contributed by atoms with Crippen LogP contribution in [0.25, 0.3) is 6.08 Å². The van der Waals surface area contributed by atoms with Gasteiger partial charge >= 0.3 is 0 Å². The van der Waals surface area contributed by atoms with E-state index in [0.29, 0.717) is 16.9 Å². The standard InChI is InChI=1S/C20H16FN5O2/c1-12-13(8-17(10-23)25(12)2)7-14(9-22)19(27)24-18-11-26(20(18)28)16-5-3-15(21)4-6-16/h3-8,18H,11H2,1-2H3,(H,24,27)/b14-7+. The summed E-state index contributed by atoms with van der Waals surface area (Å²) in [6, 6.07) is 10.2. The van der Waals surface area contributed by atoms with Crippen molar-refractivity contribution in [1.29, 1.82) is 10.5 Å². The maximum Gasteiger partial charge on any atom is 0.262 e. The molecule has 1 saturated heterocycles. The van der Waals surface area contributed by atoms with Crippen molar-refractivity contribution in [3.05, 3.63) is 58.7 Å². The molecule has 1 atom stereocenters. The molecular weight excluding hydrogens is 361 g/mol. The molecule has 0 aliphatic carbocycles. The molecular formula is C20H16FN5O2. The van der Waals surface area contributed by atoms with Crippen LogP contribution in [0.3, 0.4) is 0 Å². The third kappa shape index (κ3) is 3.36. The second kappa shape index (κ2) is 7.37. The van der Waals surface area contributed by atoms with E-state index in [1.165, 1.54) is 35.2 Å². The smallest absolute Gasteiger partial charge is 0.262 e. The number of hydrogen-bond acceptors (Lipinski definition) is 4. The van der Waals surface area contributed by atoms with Crippen LogP contribution in [0, 0.1) is 35.4 Å². The first-order valence-electron chi connectivity index (χ1n) is 8.41. The fourth-order valence-corrected chi connectivity index (χ4v) is 2.90. The Balaban J connectivity index is 1.70. The molecule has 7 nitrogen and oxygen atoms in total. The van der Waals surface area contributed by atoms with E-state index in [0.717, 1.165) is 5.69 Å². The SMILES string of the molecule is Cc1c(/C=C(\C#N)C(=O)NC2CN(c3ccc(F)cc3)C2=O)cc(C#N)n1C.